The number of rotatable bonds is 12. The second kappa shape index (κ2) is 13.1. The molecule has 0 saturated heterocycles. The van der Waals surface area contributed by atoms with Crippen LogP contribution in [0.2, 0.25) is 5.02 Å². The standard InChI is InChI=1S/C26H35ClN2O4/c1-6-18(3)28-26(31)22(7-2)29(17-20-10-8-9-11-21(20)27)25(30)15-13-19-12-14-23(32-4)24(16-19)33-5/h8-12,14,16,18,22H,6-7,13,15,17H2,1-5H3,(H,28,31). The molecule has 1 N–H and O–H groups in total. The van der Waals surface area contributed by atoms with E-state index < -0.39 is 6.04 Å². The minimum Gasteiger partial charge on any atom is -0.493 e. The van der Waals surface area contributed by atoms with Gasteiger partial charge >= 0.3 is 0 Å². The summed E-state index contributed by atoms with van der Waals surface area (Å²) in [6.07, 6.45) is 2.10. The molecule has 0 aliphatic heterocycles. The number of amides is 2. The number of hydrogen-bond donors (Lipinski definition) is 1. The van der Waals surface area contributed by atoms with Crippen LogP contribution in [0.3, 0.4) is 0 Å². The molecule has 0 aliphatic carbocycles. The first kappa shape index (κ1) is 26.5. The van der Waals surface area contributed by atoms with E-state index in [9.17, 15) is 9.59 Å². The molecule has 6 nitrogen and oxygen atoms in total. The molecule has 2 aromatic rings. The number of ether oxygens (including phenoxy) is 2. The fourth-order valence-electron chi connectivity index (χ4n) is 3.60. The van der Waals surface area contributed by atoms with Gasteiger partial charge in [-0.3, -0.25) is 9.59 Å². The average Bonchev–Trinajstić information content (AvgIpc) is 2.83. The van der Waals surface area contributed by atoms with Crippen molar-refractivity contribution < 1.29 is 19.1 Å². The number of halogens is 1. The first-order valence-corrected chi connectivity index (χ1v) is 11.8. The van der Waals surface area contributed by atoms with E-state index in [1.54, 1.807) is 25.2 Å². The predicted octanol–water partition coefficient (Wildman–Crippen LogP) is 5.01. The fourth-order valence-corrected chi connectivity index (χ4v) is 3.80. The van der Waals surface area contributed by atoms with Gasteiger partial charge in [-0.05, 0) is 55.5 Å². The van der Waals surface area contributed by atoms with E-state index in [-0.39, 0.29) is 30.8 Å². The number of nitrogens with zero attached hydrogens (tertiary/aromatic N) is 1. The molecule has 33 heavy (non-hydrogen) atoms. The summed E-state index contributed by atoms with van der Waals surface area (Å²) in [6.45, 7) is 6.17. The molecular weight excluding hydrogens is 440 g/mol. The van der Waals surface area contributed by atoms with Gasteiger partial charge in [0.15, 0.2) is 11.5 Å². The van der Waals surface area contributed by atoms with Gasteiger partial charge < -0.3 is 19.7 Å². The van der Waals surface area contributed by atoms with E-state index >= 15 is 0 Å². The van der Waals surface area contributed by atoms with Gasteiger partial charge in [0.2, 0.25) is 11.8 Å². The SMILES string of the molecule is CCC(C)NC(=O)C(CC)N(Cc1ccccc1Cl)C(=O)CCc1ccc(OC)c(OC)c1. The van der Waals surface area contributed by atoms with E-state index in [4.69, 9.17) is 21.1 Å². The number of carbonyl (C=O) groups is 2. The van der Waals surface area contributed by atoms with Gasteiger partial charge in [-0.1, -0.05) is 49.7 Å². The van der Waals surface area contributed by atoms with Crippen LogP contribution in [-0.4, -0.2) is 43.0 Å². The monoisotopic (exact) mass is 474 g/mol. The fraction of sp³-hybridized carbons (Fsp3) is 0.462. The Hall–Kier alpha value is -2.73. The third-order valence-electron chi connectivity index (χ3n) is 5.76. The molecule has 0 spiro atoms. The largest absolute Gasteiger partial charge is 0.493 e. The minimum atomic E-state index is -0.576. The van der Waals surface area contributed by atoms with Crippen LogP contribution in [0.15, 0.2) is 42.5 Å². The van der Waals surface area contributed by atoms with Gasteiger partial charge in [0.25, 0.3) is 0 Å². The van der Waals surface area contributed by atoms with Crippen molar-refractivity contribution in [2.45, 2.75) is 65.1 Å². The van der Waals surface area contributed by atoms with Crippen molar-refractivity contribution >= 4 is 23.4 Å². The highest BCUT2D eigenvalue weighted by molar-refractivity contribution is 6.31. The third kappa shape index (κ3) is 7.39. The van der Waals surface area contributed by atoms with Crippen molar-refractivity contribution in [2.24, 2.45) is 0 Å². The van der Waals surface area contributed by atoms with Crippen molar-refractivity contribution in [1.82, 2.24) is 10.2 Å². The molecule has 0 aliphatic rings. The van der Waals surface area contributed by atoms with Crippen LogP contribution >= 0.6 is 11.6 Å². The van der Waals surface area contributed by atoms with Gasteiger partial charge in [-0.2, -0.15) is 0 Å². The summed E-state index contributed by atoms with van der Waals surface area (Å²) in [5, 5.41) is 3.60. The van der Waals surface area contributed by atoms with E-state index in [1.165, 1.54) is 0 Å². The van der Waals surface area contributed by atoms with Gasteiger partial charge in [0.1, 0.15) is 6.04 Å². The molecule has 0 aromatic heterocycles. The average molecular weight is 475 g/mol. The summed E-state index contributed by atoms with van der Waals surface area (Å²) >= 11 is 6.38. The lowest BCUT2D eigenvalue weighted by Crippen LogP contribution is -2.50. The molecule has 2 amide bonds. The second-order valence-corrected chi connectivity index (χ2v) is 8.45. The molecule has 2 rings (SSSR count). The molecule has 2 atom stereocenters. The van der Waals surface area contributed by atoms with Gasteiger partial charge in [0.05, 0.1) is 14.2 Å². The Morgan fingerprint density at radius 1 is 1.03 bits per heavy atom. The van der Waals surface area contributed by atoms with Crippen LogP contribution < -0.4 is 14.8 Å². The lowest BCUT2D eigenvalue weighted by Gasteiger charge is -2.32. The maximum Gasteiger partial charge on any atom is 0.243 e. The summed E-state index contributed by atoms with van der Waals surface area (Å²) in [6, 6.07) is 12.5. The Morgan fingerprint density at radius 2 is 1.73 bits per heavy atom. The van der Waals surface area contributed by atoms with Gasteiger partial charge in [0, 0.05) is 24.0 Å². The highest BCUT2D eigenvalue weighted by Gasteiger charge is 2.29. The molecule has 0 bridgehead atoms. The molecule has 180 valence electrons. The molecular formula is C26H35ClN2O4. The molecule has 0 fully saturated rings. The van der Waals surface area contributed by atoms with Crippen molar-refractivity contribution in [2.75, 3.05) is 14.2 Å². The second-order valence-electron chi connectivity index (χ2n) is 8.04. The highest BCUT2D eigenvalue weighted by atomic mass is 35.5. The van der Waals surface area contributed by atoms with E-state index in [1.807, 2.05) is 57.2 Å². The number of methoxy groups -OCH3 is 2. The molecule has 2 aromatic carbocycles. The predicted molar refractivity (Wildman–Crippen MR) is 132 cm³/mol. The maximum absolute atomic E-state index is 13.4. The minimum absolute atomic E-state index is 0.0376. The topological polar surface area (TPSA) is 67.9 Å². The van der Waals surface area contributed by atoms with E-state index in [2.05, 4.69) is 5.32 Å². The van der Waals surface area contributed by atoms with Crippen LogP contribution in [0.5, 0.6) is 11.5 Å². The molecule has 0 radical (unpaired) electrons. The molecule has 0 heterocycles. The highest BCUT2D eigenvalue weighted by Crippen LogP contribution is 2.28. The Morgan fingerprint density at radius 3 is 2.33 bits per heavy atom. The zero-order valence-corrected chi connectivity index (χ0v) is 20.9. The Bertz CT molecular complexity index is 934. The number of hydrogen-bond acceptors (Lipinski definition) is 4. The summed E-state index contributed by atoms with van der Waals surface area (Å²) < 4.78 is 10.7. The molecule has 7 heteroatoms. The summed E-state index contributed by atoms with van der Waals surface area (Å²) in [4.78, 5) is 28.1. The molecule has 0 saturated carbocycles. The number of benzene rings is 2. The van der Waals surface area contributed by atoms with Gasteiger partial charge in [-0.15, -0.1) is 0 Å². The first-order valence-electron chi connectivity index (χ1n) is 11.4. The van der Waals surface area contributed by atoms with Crippen molar-refractivity contribution in [3.63, 3.8) is 0 Å². The van der Waals surface area contributed by atoms with Crippen molar-refractivity contribution in [3.8, 4) is 11.5 Å². The van der Waals surface area contributed by atoms with Crippen molar-refractivity contribution in [1.29, 1.82) is 0 Å². The third-order valence-corrected chi connectivity index (χ3v) is 6.13. The number of nitrogens with one attached hydrogen (secondary N) is 1. The van der Waals surface area contributed by atoms with E-state index in [0.717, 1.165) is 17.5 Å². The number of aryl methyl sites for hydroxylation is 1. The van der Waals surface area contributed by atoms with Gasteiger partial charge in [-0.25, -0.2) is 0 Å². The van der Waals surface area contributed by atoms with Crippen LogP contribution in [0.25, 0.3) is 0 Å². The lowest BCUT2D eigenvalue weighted by atomic mass is 10.1. The van der Waals surface area contributed by atoms with E-state index in [0.29, 0.717) is 29.4 Å². The number of carbonyl (C=O) groups excluding carboxylic acids is 2. The summed E-state index contributed by atoms with van der Waals surface area (Å²) in [5.74, 6) is 1.02. The smallest absolute Gasteiger partial charge is 0.243 e. The summed E-state index contributed by atoms with van der Waals surface area (Å²) in [5.41, 5.74) is 1.77. The van der Waals surface area contributed by atoms with Crippen LogP contribution in [0.4, 0.5) is 0 Å². The zero-order chi connectivity index (χ0) is 24.4. The Labute approximate surface area is 202 Å². The lowest BCUT2D eigenvalue weighted by molar-refractivity contribution is -0.141. The van der Waals surface area contributed by atoms with Crippen molar-refractivity contribution in [3.05, 3.63) is 58.6 Å². The molecule has 2 unspecified atom stereocenters. The quantitative estimate of drug-likeness (QED) is 0.469. The first-order chi connectivity index (χ1) is 15.8. The summed E-state index contributed by atoms with van der Waals surface area (Å²) in [7, 11) is 3.17. The van der Waals surface area contributed by atoms with Crippen LogP contribution in [-0.2, 0) is 22.6 Å². The normalized spacial score (nSPS) is 12.5. The van der Waals surface area contributed by atoms with Crippen LogP contribution in [0, 0.1) is 0 Å². The Balaban J connectivity index is 2.25. The van der Waals surface area contributed by atoms with Crippen LogP contribution in [0.1, 0.15) is 51.2 Å². The Kier molecular flexibility index (Phi) is 10.5. The maximum atomic E-state index is 13.4. The zero-order valence-electron chi connectivity index (χ0n) is 20.2.